The fourth-order valence-electron chi connectivity index (χ4n) is 2.15. The zero-order valence-corrected chi connectivity index (χ0v) is 11.9. The van der Waals surface area contributed by atoms with E-state index < -0.39 is 0 Å². The minimum atomic E-state index is 0.00801. The fraction of sp³-hybridized carbons (Fsp3) is 0.500. The van der Waals surface area contributed by atoms with Crippen LogP contribution in [0.25, 0.3) is 0 Å². The monoisotopic (exact) mass is 267 g/mol. The molecule has 2 heterocycles. The van der Waals surface area contributed by atoms with Crippen LogP contribution in [0.2, 0.25) is 5.02 Å². The normalized spacial score (nSPS) is 12.9. The van der Waals surface area contributed by atoms with Crippen molar-refractivity contribution in [3.63, 3.8) is 0 Å². The van der Waals surface area contributed by atoms with E-state index in [0.29, 0.717) is 5.02 Å². The van der Waals surface area contributed by atoms with Gasteiger partial charge in [-0.1, -0.05) is 11.6 Å². The van der Waals surface area contributed by atoms with E-state index in [9.17, 15) is 0 Å². The number of hydrogen-bond donors (Lipinski definition) is 1. The van der Waals surface area contributed by atoms with E-state index >= 15 is 0 Å². The number of nitrogens with one attached hydrogen (secondary N) is 1. The smallest absolute Gasteiger partial charge is 0.0837 e. The number of nitrogens with zero attached hydrogens (tertiary/aromatic N) is 4. The molecule has 0 radical (unpaired) electrons. The molecule has 0 fully saturated rings. The van der Waals surface area contributed by atoms with Gasteiger partial charge in [-0.15, -0.1) is 0 Å². The molecular weight excluding hydrogens is 250 g/mol. The molecule has 0 bridgehead atoms. The van der Waals surface area contributed by atoms with E-state index in [4.69, 9.17) is 11.6 Å². The van der Waals surface area contributed by atoms with Crippen molar-refractivity contribution in [1.29, 1.82) is 0 Å². The molecule has 2 aromatic heterocycles. The predicted molar refractivity (Wildman–Crippen MR) is 71.8 cm³/mol. The molecule has 0 aliphatic rings. The Balaban J connectivity index is 2.51. The molecule has 0 aromatic carbocycles. The Bertz CT molecular complexity index is 543. The summed E-state index contributed by atoms with van der Waals surface area (Å²) in [5.41, 5.74) is 3.23. The molecule has 0 saturated heterocycles. The third-order valence-electron chi connectivity index (χ3n) is 3.28. The maximum atomic E-state index is 6.26. The minimum absolute atomic E-state index is 0.00801. The van der Waals surface area contributed by atoms with E-state index in [1.165, 1.54) is 0 Å². The lowest BCUT2D eigenvalue weighted by atomic mass is 10.0. The van der Waals surface area contributed by atoms with Gasteiger partial charge in [-0.25, -0.2) is 0 Å². The molecule has 0 spiro atoms. The van der Waals surface area contributed by atoms with Crippen LogP contribution in [-0.2, 0) is 13.6 Å². The molecule has 1 atom stereocenters. The number of aryl methyl sites for hydroxylation is 2. The zero-order chi connectivity index (χ0) is 13.3. The first kappa shape index (κ1) is 13.1. The Labute approximate surface area is 112 Å². The van der Waals surface area contributed by atoms with Gasteiger partial charge in [0.05, 0.1) is 29.2 Å². The second kappa shape index (κ2) is 5.12. The number of rotatable bonds is 4. The van der Waals surface area contributed by atoms with Crippen LogP contribution in [-0.4, -0.2) is 26.6 Å². The Morgan fingerprint density at radius 3 is 2.61 bits per heavy atom. The van der Waals surface area contributed by atoms with Gasteiger partial charge in [-0.3, -0.25) is 9.36 Å². The first-order valence-electron chi connectivity index (χ1n) is 5.97. The first-order chi connectivity index (χ1) is 8.60. The highest BCUT2D eigenvalue weighted by atomic mass is 35.5. The maximum absolute atomic E-state index is 6.26. The summed E-state index contributed by atoms with van der Waals surface area (Å²) in [5.74, 6) is 0. The van der Waals surface area contributed by atoms with Crippen molar-refractivity contribution in [1.82, 2.24) is 24.9 Å². The molecule has 0 saturated carbocycles. The lowest BCUT2D eigenvalue weighted by Gasteiger charge is -2.18. The SMILES string of the molecule is CCn1ncc(Cl)c1C(NC)c1cnn(C)c1C. The molecule has 0 aliphatic heterocycles. The molecule has 1 unspecified atom stereocenters. The Morgan fingerprint density at radius 2 is 2.11 bits per heavy atom. The average Bonchev–Trinajstić information content (AvgIpc) is 2.89. The molecule has 1 N–H and O–H groups in total. The van der Waals surface area contributed by atoms with Crippen molar-refractivity contribution in [2.75, 3.05) is 7.05 Å². The summed E-state index contributed by atoms with van der Waals surface area (Å²) in [7, 11) is 3.85. The largest absolute Gasteiger partial charge is 0.308 e. The maximum Gasteiger partial charge on any atom is 0.0837 e. The van der Waals surface area contributed by atoms with Crippen LogP contribution in [0.4, 0.5) is 0 Å². The van der Waals surface area contributed by atoms with Crippen molar-refractivity contribution in [3.05, 3.63) is 34.4 Å². The van der Waals surface area contributed by atoms with E-state index in [2.05, 4.69) is 22.4 Å². The van der Waals surface area contributed by atoms with Crippen LogP contribution in [0.1, 0.15) is 29.9 Å². The second-order valence-corrected chi connectivity index (χ2v) is 4.63. The number of hydrogen-bond acceptors (Lipinski definition) is 3. The molecule has 0 amide bonds. The molecule has 2 aromatic rings. The van der Waals surface area contributed by atoms with Crippen molar-refractivity contribution in [2.24, 2.45) is 7.05 Å². The number of aromatic nitrogens is 4. The van der Waals surface area contributed by atoms with Gasteiger partial charge in [0, 0.05) is 24.8 Å². The molecule has 6 heteroatoms. The Hall–Kier alpha value is -1.33. The van der Waals surface area contributed by atoms with Gasteiger partial charge in [-0.2, -0.15) is 10.2 Å². The van der Waals surface area contributed by atoms with Gasteiger partial charge in [-0.05, 0) is 20.9 Å². The fourth-order valence-corrected chi connectivity index (χ4v) is 2.40. The summed E-state index contributed by atoms with van der Waals surface area (Å²) < 4.78 is 3.77. The van der Waals surface area contributed by atoms with Crippen molar-refractivity contribution in [3.8, 4) is 0 Å². The van der Waals surface area contributed by atoms with Crippen molar-refractivity contribution >= 4 is 11.6 Å². The molecular formula is C12H18ClN5. The highest BCUT2D eigenvalue weighted by Crippen LogP contribution is 2.29. The van der Waals surface area contributed by atoms with E-state index in [1.807, 2.05) is 36.6 Å². The third-order valence-corrected chi connectivity index (χ3v) is 3.57. The summed E-state index contributed by atoms with van der Waals surface area (Å²) in [4.78, 5) is 0. The Morgan fingerprint density at radius 1 is 1.39 bits per heavy atom. The van der Waals surface area contributed by atoms with Gasteiger partial charge in [0.25, 0.3) is 0 Å². The lowest BCUT2D eigenvalue weighted by molar-refractivity contribution is 0.561. The van der Waals surface area contributed by atoms with Crippen LogP contribution in [0.3, 0.4) is 0 Å². The van der Waals surface area contributed by atoms with Gasteiger partial charge in [0.1, 0.15) is 0 Å². The lowest BCUT2D eigenvalue weighted by Crippen LogP contribution is -2.22. The summed E-state index contributed by atoms with van der Waals surface area (Å²) in [5, 5.41) is 12.5. The topological polar surface area (TPSA) is 47.7 Å². The molecule has 18 heavy (non-hydrogen) atoms. The molecule has 5 nitrogen and oxygen atoms in total. The van der Waals surface area contributed by atoms with E-state index in [1.54, 1.807) is 6.20 Å². The second-order valence-electron chi connectivity index (χ2n) is 4.22. The van der Waals surface area contributed by atoms with Crippen molar-refractivity contribution < 1.29 is 0 Å². The van der Waals surface area contributed by atoms with Gasteiger partial charge >= 0.3 is 0 Å². The summed E-state index contributed by atoms with van der Waals surface area (Å²) in [6, 6.07) is 0.00801. The van der Waals surface area contributed by atoms with Gasteiger partial charge < -0.3 is 5.32 Å². The minimum Gasteiger partial charge on any atom is -0.308 e. The van der Waals surface area contributed by atoms with E-state index in [0.717, 1.165) is 23.5 Å². The number of halogens is 1. The van der Waals surface area contributed by atoms with Gasteiger partial charge in [0.15, 0.2) is 0 Å². The van der Waals surface area contributed by atoms with Crippen LogP contribution in [0.15, 0.2) is 12.4 Å². The first-order valence-corrected chi connectivity index (χ1v) is 6.34. The zero-order valence-electron chi connectivity index (χ0n) is 11.1. The average molecular weight is 268 g/mol. The Kier molecular flexibility index (Phi) is 3.73. The molecule has 0 aliphatic carbocycles. The van der Waals surface area contributed by atoms with Crippen molar-refractivity contribution in [2.45, 2.75) is 26.4 Å². The summed E-state index contributed by atoms with van der Waals surface area (Å²) in [6.07, 6.45) is 3.57. The molecule has 2 rings (SSSR count). The van der Waals surface area contributed by atoms with Gasteiger partial charge in [0.2, 0.25) is 0 Å². The third kappa shape index (κ3) is 2.04. The van der Waals surface area contributed by atoms with Crippen LogP contribution in [0, 0.1) is 6.92 Å². The van der Waals surface area contributed by atoms with Crippen LogP contribution in [0.5, 0.6) is 0 Å². The highest BCUT2D eigenvalue weighted by molar-refractivity contribution is 6.31. The quantitative estimate of drug-likeness (QED) is 0.921. The predicted octanol–water partition coefficient (Wildman–Crippen LogP) is 1.91. The van der Waals surface area contributed by atoms with Crippen LogP contribution >= 0.6 is 11.6 Å². The molecule has 98 valence electrons. The van der Waals surface area contributed by atoms with E-state index in [-0.39, 0.29) is 6.04 Å². The highest BCUT2D eigenvalue weighted by Gasteiger charge is 2.23. The summed E-state index contributed by atoms with van der Waals surface area (Å²) >= 11 is 6.26. The summed E-state index contributed by atoms with van der Waals surface area (Å²) in [6.45, 7) is 4.89. The standard InChI is InChI=1S/C12H18ClN5/c1-5-18-12(10(13)7-16-18)11(14-3)9-6-15-17(4)8(9)2/h6-7,11,14H,5H2,1-4H3. The van der Waals surface area contributed by atoms with Crippen LogP contribution < -0.4 is 5.32 Å².